The molecule has 0 bridgehead atoms. The normalized spacial score (nSPS) is 24.4. The van der Waals surface area contributed by atoms with Crippen LogP contribution in [0.4, 0.5) is 4.79 Å². The van der Waals surface area contributed by atoms with Crippen molar-refractivity contribution in [1.29, 1.82) is 0 Å². The Morgan fingerprint density at radius 2 is 2.10 bits per heavy atom. The van der Waals surface area contributed by atoms with Crippen molar-refractivity contribution in [1.82, 2.24) is 14.8 Å². The number of hydrogen-bond acceptors (Lipinski definition) is 4. The monoisotopic (exact) mass is 413 g/mol. The highest BCUT2D eigenvalue weighted by Crippen LogP contribution is 2.38. The number of nitrogens with zero attached hydrogens (tertiary/aromatic N) is 2. The van der Waals surface area contributed by atoms with Gasteiger partial charge in [-0.1, -0.05) is 25.8 Å². The van der Waals surface area contributed by atoms with Crippen molar-refractivity contribution in [2.45, 2.75) is 58.5 Å². The van der Waals surface area contributed by atoms with E-state index in [9.17, 15) is 14.4 Å². The maximum atomic E-state index is 13.1. The van der Waals surface area contributed by atoms with Gasteiger partial charge >= 0.3 is 6.03 Å². The minimum Gasteiger partial charge on any atom is -0.343 e. The van der Waals surface area contributed by atoms with Crippen LogP contribution in [0.5, 0.6) is 0 Å². The Labute approximate surface area is 174 Å². The van der Waals surface area contributed by atoms with Crippen LogP contribution in [0.25, 0.3) is 0 Å². The Morgan fingerprint density at radius 1 is 1.31 bits per heavy atom. The summed E-state index contributed by atoms with van der Waals surface area (Å²) >= 11 is 1.68. The minimum atomic E-state index is -0.828. The van der Waals surface area contributed by atoms with E-state index in [4.69, 9.17) is 0 Å². The molecule has 2 fully saturated rings. The first-order valence-electron chi connectivity index (χ1n) is 10.2. The third-order valence-corrected chi connectivity index (χ3v) is 7.43. The SMILES string of the molecule is Cc1cc(C(=O)CN2C(=O)N[C@@]3(CCCC[C@H]3C)C2=O)c(C)n1Cc1cccs1. The number of amides is 3. The lowest BCUT2D eigenvalue weighted by molar-refractivity contribution is -0.133. The van der Waals surface area contributed by atoms with Gasteiger partial charge in [0.1, 0.15) is 5.54 Å². The molecule has 3 amide bonds. The van der Waals surface area contributed by atoms with E-state index in [-0.39, 0.29) is 24.2 Å². The van der Waals surface area contributed by atoms with E-state index in [0.717, 1.165) is 35.6 Å². The molecule has 1 saturated heterocycles. The lowest BCUT2D eigenvalue weighted by atomic mass is 9.73. The summed E-state index contributed by atoms with van der Waals surface area (Å²) in [6.07, 6.45) is 3.56. The number of hydrogen-bond donors (Lipinski definition) is 1. The maximum absolute atomic E-state index is 13.1. The summed E-state index contributed by atoms with van der Waals surface area (Å²) in [7, 11) is 0. The van der Waals surface area contributed by atoms with Crippen LogP contribution in [0.15, 0.2) is 23.6 Å². The van der Waals surface area contributed by atoms with Gasteiger partial charge in [-0.2, -0.15) is 0 Å². The number of thiophene rings is 1. The van der Waals surface area contributed by atoms with Crippen LogP contribution in [0.1, 0.15) is 59.2 Å². The molecule has 1 spiro atoms. The first-order valence-corrected chi connectivity index (χ1v) is 11.1. The Kier molecular flexibility index (Phi) is 5.11. The predicted molar refractivity (Wildman–Crippen MR) is 112 cm³/mol. The van der Waals surface area contributed by atoms with E-state index in [0.29, 0.717) is 18.5 Å². The van der Waals surface area contributed by atoms with Crippen molar-refractivity contribution in [3.05, 3.63) is 45.4 Å². The van der Waals surface area contributed by atoms with E-state index in [1.165, 1.54) is 4.88 Å². The second kappa shape index (κ2) is 7.44. The van der Waals surface area contributed by atoms with Crippen LogP contribution >= 0.6 is 11.3 Å². The molecular formula is C22H27N3O3S. The van der Waals surface area contributed by atoms with Crippen LogP contribution in [-0.2, 0) is 11.3 Å². The average Bonchev–Trinajstić information content (AvgIpc) is 3.36. The van der Waals surface area contributed by atoms with Crippen LogP contribution < -0.4 is 5.32 Å². The molecule has 154 valence electrons. The number of carbonyl (C=O) groups is 3. The number of urea groups is 1. The molecule has 2 aromatic heterocycles. The molecule has 1 aliphatic carbocycles. The van der Waals surface area contributed by atoms with Crippen molar-refractivity contribution in [3.8, 4) is 0 Å². The van der Waals surface area contributed by atoms with Gasteiger partial charge in [-0.25, -0.2) is 4.79 Å². The van der Waals surface area contributed by atoms with Crippen LogP contribution in [0.3, 0.4) is 0 Å². The fourth-order valence-corrected chi connectivity index (χ4v) is 5.45. The summed E-state index contributed by atoms with van der Waals surface area (Å²) < 4.78 is 2.11. The molecule has 6 nitrogen and oxygen atoms in total. The minimum absolute atomic E-state index is 0.0867. The summed E-state index contributed by atoms with van der Waals surface area (Å²) in [6, 6.07) is 5.51. The van der Waals surface area contributed by atoms with Gasteiger partial charge in [-0.05, 0) is 50.1 Å². The highest BCUT2D eigenvalue weighted by atomic mass is 32.1. The summed E-state index contributed by atoms with van der Waals surface area (Å²) in [4.78, 5) is 41.1. The number of ketones is 1. The number of imide groups is 1. The highest BCUT2D eigenvalue weighted by molar-refractivity contribution is 7.09. The fraction of sp³-hybridized carbons (Fsp3) is 0.500. The molecule has 0 aromatic carbocycles. The Morgan fingerprint density at radius 3 is 2.79 bits per heavy atom. The van der Waals surface area contributed by atoms with Crippen LogP contribution in [0, 0.1) is 19.8 Å². The Hall–Kier alpha value is -2.41. The van der Waals surface area contributed by atoms with Crippen molar-refractivity contribution in [2.24, 2.45) is 5.92 Å². The van der Waals surface area contributed by atoms with E-state index >= 15 is 0 Å². The lowest BCUT2D eigenvalue weighted by Gasteiger charge is -2.36. The van der Waals surface area contributed by atoms with Gasteiger partial charge in [0.15, 0.2) is 5.78 Å². The first kappa shape index (κ1) is 19.9. The molecule has 1 aliphatic heterocycles. The molecule has 2 aliphatic rings. The fourth-order valence-electron chi connectivity index (χ4n) is 4.75. The standard InChI is InChI=1S/C22H27N3O3S/c1-14-7-4-5-9-22(14)20(27)25(21(28)23-22)13-19(26)18-11-15(2)24(16(18)3)12-17-8-6-10-29-17/h6,8,10-11,14H,4-5,7,9,12-13H2,1-3H3,(H,23,28)/t14-,22-/m1/s1. The second-order valence-corrected chi connectivity index (χ2v) is 9.35. The van der Waals surface area contributed by atoms with Gasteiger partial charge < -0.3 is 9.88 Å². The predicted octanol–water partition coefficient (Wildman–Crippen LogP) is 3.90. The topological polar surface area (TPSA) is 71.4 Å². The quantitative estimate of drug-likeness (QED) is 0.597. The zero-order valence-electron chi connectivity index (χ0n) is 17.2. The maximum Gasteiger partial charge on any atom is 0.325 e. The summed E-state index contributed by atoms with van der Waals surface area (Å²) in [5.74, 6) is -0.348. The van der Waals surface area contributed by atoms with Crippen LogP contribution in [-0.4, -0.2) is 39.3 Å². The zero-order chi connectivity index (χ0) is 20.8. The summed E-state index contributed by atoms with van der Waals surface area (Å²) in [5, 5.41) is 4.95. The van der Waals surface area contributed by atoms with Gasteiger partial charge in [0.2, 0.25) is 0 Å². The van der Waals surface area contributed by atoms with Gasteiger partial charge in [0, 0.05) is 21.8 Å². The number of aromatic nitrogens is 1. The van der Waals surface area contributed by atoms with Gasteiger partial charge in [0.25, 0.3) is 5.91 Å². The molecule has 2 aromatic rings. The zero-order valence-corrected chi connectivity index (χ0v) is 18.0. The summed E-state index contributed by atoms with van der Waals surface area (Å²) in [5.41, 5.74) is 1.62. The van der Waals surface area contributed by atoms with E-state index in [1.807, 2.05) is 38.3 Å². The number of Topliss-reactive ketones (excluding diaryl/α,β-unsaturated/α-hetero) is 1. The molecule has 0 radical (unpaired) electrons. The van der Waals surface area contributed by atoms with Gasteiger partial charge in [-0.15, -0.1) is 11.3 Å². The number of nitrogens with one attached hydrogen (secondary N) is 1. The van der Waals surface area contributed by atoms with Crippen molar-refractivity contribution in [3.63, 3.8) is 0 Å². The van der Waals surface area contributed by atoms with Crippen molar-refractivity contribution in [2.75, 3.05) is 6.54 Å². The molecule has 2 atom stereocenters. The van der Waals surface area contributed by atoms with Crippen LogP contribution in [0.2, 0.25) is 0 Å². The third-order valence-electron chi connectivity index (χ3n) is 6.57. The molecule has 7 heteroatoms. The van der Waals surface area contributed by atoms with E-state index in [2.05, 4.69) is 16.0 Å². The number of carbonyl (C=O) groups excluding carboxylic acids is 3. The van der Waals surface area contributed by atoms with Gasteiger partial charge in [0.05, 0.1) is 13.1 Å². The summed E-state index contributed by atoms with van der Waals surface area (Å²) in [6.45, 7) is 6.42. The number of aryl methyl sites for hydroxylation is 1. The molecular weight excluding hydrogens is 386 g/mol. The van der Waals surface area contributed by atoms with E-state index < -0.39 is 11.6 Å². The molecule has 29 heavy (non-hydrogen) atoms. The molecule has 1 saturated carbocycles. The highest BCUT2D eigenvalue weighted by Gasteiger charge is 2.55. The van der Waals surface area contributed by atoms with Crippen molar-refractivity contribution < 1.29 is 14.4 Å². The van der Waals surface area contributed by atoms with Crippen molar-refractivity contribution >= 4 is 29.1 Å². The largest absolute Gasteiger partial charge is 0.343 e. The number of rotatable bonds is 5. The molecule has 0 unspecified atom stereocenters. The Balaban J connectivity index is 1.54. The second-order valence-electron chi connectivity index (χ2n) is 8.31. The molecule has 4 rings (SSSR count). The third kappa shape index (κ3) is 3.31. The Bertz CT molecular complexity index is 962. The molecule has 3 heterocycles. The average molecular weight is 414 g/mol. The van der Waals surface area contributed by atoms with Gasteiger partial charge in [-0.3, -0.25) is 14.5 Å². The van der Waals surface area contributed by atoms with E-state index in [1.54, 1.807) is 11.3 Å². The smallest absolute Gasteiger partial charge is 0.325 e. The molecule has 1 N–H and O–H groups in total. The first-order chi connectivity index (χ1) is 13.8. The lowest BCUT2D eigenvalue weighted by Crippen LogP contribution is -2.54.